The van der Waals surface area contributed by atoms with E-state index in [1.54, 1.807) is 36.4 Å². The van der Waals surface area contributed by atoms with Crippen LogP contribution in [0.5, 0.6) is 0 Å². The number of rotatable bonds is 3. The molecule has 0 aromatic heterocycles. The molecule has 0 unspecified atom stereocenters. The molecule has 3 atom stereocenters. The van der Waals surface area contributed by atoms with E-state index in [1.165, 1.54) is 4.90 Å². The summed E-state index contributed by atoms with van der Waals surface area (Å²) >= 11 is 0. The van der Waals surface area contributed by atoms with Crippen LogP contribution in [0.15, 0.2) is 91.0 Å². The molecule has 2 fully saturated rings. The van der Waals surface area contributed by atoms with Gasteiger partial charge in [0, 0.05) is 16.5 Å². The van der Waals surface area contributed by atoms with Crippen LogP contribution in [0.4, 0.5) is 5.69 Å². The summed E-state index contributed by atoms with van der Waals surface area (Å²) in [4.78, 5) is 57.6. The van der Waals surface area contributed by atoms with E-state index in [4.69, 9.17) is 4.74 Å². The molecule has 2 aliphatic heterocycles. The predicted molar refractivity (Wildman–Crippen MR) is 146 cm³/mol. The fraction of sp³-hybridized carbons (Fsp3) is 0.212. The third-order valence-electron chi connectivity index (χ3n) is 8.46. The maximum Gasteiger partial charge on any atom is 0.241 e. The SMILES string of the molecule is CC(C)c1ccc([C@@H]2OC3(C(=O)c4ccccc4C3=O)[C@H]3C(=O)N(c4cccc5ccccc45)C(=O)[C@@H]23)cc1. The Bertz CT molecular complexity index is 1680. The molecule has 0 N–H and O–H groups in total. The lowest BCUT2D eigenvalue weighted by Gasteiger charge is -2.27. The molecule has 3 aliphatic rings. The van der Waals surface area contributed by atoms with E-state index in [2.05, 4.69) is 13.8 Å². The quantitative estimate of drug-likeness (QED) is 0.260. The van der Waals surface area contributed by atoms with Crippen molar-refractivity contribution in [2.45, 2.75) is 31.5 Å². The number of hydrogen-bond donors (Lipinski definition) is 0. The zero-order valence-electron chi connectivity index (χ0n) is 21.5. The monoisotopic (exact) mass is 515 g/mol. The summed E-state index contributed by atoms with van der Waals surface area (Å²) in [6, 6.07) is 27.1. The number of anilines is 1. The Kier molecular flexibility index (Phi) is 5.03. The van der Waals surface area contributed by atoms with Crippen molar-refractivity contribution in [3.8, 4) is 0 Å². The van der Waals surface area contributed by atoms with Crippen molar-refractivity contribution in [2.24, 2.45) is 11.8 Å². The average Bonchev–Trinajstić information content (AvgIpc) is 3.52. The lowest BCUT2D eigenvalue weighted by molar-refractivity contribution is -0.127. The van der Waals surface area contributed by atoms with Crippen LogP contribution in [-0.2, 0) is 14.3 Å². The number of carbonyl (C=O) groups is 4. The van der Waals surface area contributed by atoms with Gasteiger partial charge in [0.25, 0.3) is 0 Å². The Labute approximate surface area is 225 Å². The van der Waals surface area contributed by atoms with E-state index in [0.29, 0.717) is 17.2 Å². The highest BCUT2D eigenvalue weighted by Gasteiger charge is 2.74. The fourth-order valence-electron chi connectivity index (χ4n) is 6.53. The first kappa shape index (κ1) is 23.7. The molecular formula is C33H25NO5. The van der Waals surface area contributed by atoms with Crippen LogP contribution in [0.2, 0.25) is 0 Å². The van der Waals surface area contributed by atoms with E-state index < -0.39 is 46.9 Å². The van der Waals surface area contributed by atoms with E-state index in [1.807, 2.05) is 54.6 Å². The number of benzene rings is 4. The molecule has 1 spiro atoms. The first-order chi connectivity index (χ1) is 18.8. The number of ketones is 2. The first-order valence-electron chi connectivity index (χ1n) is 13.2. The zero-order valence-corrected chi connectivity index (χ0v) is 21.5. The van der Waals surface area contributed by atoms with Crippen molar-refractivity contribution in [2.75, 3.05) is 4.90 Å². The first-order valence-corrected chi connectivity index (χ1v) is 13.2. The Morgan fingerprint density at radius 2 is 1.33 bits per heavy atom. The molecule has 0 radical (unpaired) electrons. The van der Waals surface area contributed by atoms with Gasteiger partial charge in [0.15, 0.2) is 0 Å². The lowest BCUT2D eigenvalue weighted by atomic mass is 9.77. The summed E-state index contributed by atoms with van der Waals surface area (Å²) in [6.07, 6.45) is -0.935. The average molecular weight is 516 g/mol. The number of imide groups is 1. The highest BCUT2D eigenvalue weighted by Crippen LogP contribution is 2.58. The highest BCUT2D eigenvalue weighted by atomic mass is 16.5. The number of carbonyl (C=O) groups excluding carboxylic acids is 4. The summed E-state index contributed by atoms with van der Waals surface area (Å²) in [5.41, 5.74) is 0.569. The Morgan fingerprint density at radius 1 is 0.718 bits per heavy atom. The second-order valence-corrected chi connectivity index (χ2v) is 10.8. The van der Waals surface area contributed by atoms with Crippen molar-refractivity contribution < 1.29 is 23.9 Å². The van der Waals surface area contributed by atoms with Crippen molar-refractivity contribution in [1.29, 1.82) is 0 Å². The molecule has 2 saturated heterocycles. The van der Waals surface area contributed by atoms with Crippen LogP contribution < -0.4 is 4.90 Å². The molecule has 2 heterocycles. The lowest BCUT2D eigenvalue weighted by Crippen LogP contribution is -2.51. The van der Waals surface area contributed by atoms with Gasteiger partial charge in [0.05, 0.1) is 23.6 Å². The van der Waals surface area contributed by atoms with Crippen molar-refractivity contribution in [1.82, 2.24) is 0 Å². The Hall–Kier alpha value is -4.42. The zero-order chi connectivity index (χ0) is 27.1. The highest BCUT2D eigenvalue weighted by molar-refractivity contribution is 6.37. The summed E-state index contributed by atoms with van der Waals surface area (Å²) < 4.78 is 6.42. The van der Waals surface area contributed by atoms with Gasteiger partial charge in [-0.2, -0.15) is 0 Å². The maximum absolute atomic E-state index is 14.3. The van der Waals surface area contributed by atoms with Gasteiger partial charge in [-0.15, -0.1) is 0 Å². The normalized spacial score (nSPS) is 23.4. The summed E-state index contributed by atoms with van der Waals surface area (Å²) in [5.74, 6) is -4.16. The van der Waals surface area contributed by atoms with Crippen LogP contribution in [0, 0.1) is 11.8 Å². The van der Waals surface area contributed by atoms with E-state index in [-0.39, 0.29) is 11.1 Å². The molecule has 6 nitrogen and oxygen atoms in total. The smallest absolute Gasteiger partial charge is 0.241 e. The van der Waals surface area contributed by atoms with Crippen LogP contribution in [0.1, 0.15) is 57.7 Å². The molecule has 4 aromatic rings. The summed E-state index contributed by atoms with van der Waals surface area (Å²) in [6.45, 7) is 4.17. The minimum atomic E-state index is -2.08. The van der Waals surface area contributed by atoms with Crippen LogP contribution in [0.3, 0.4) is 0 Å². The van der Waals surface area contributed by atoms with Crippen LogP contribution in [0.25, 0.3) is 10.8 Å². The number of Topliss-reactive ketones (excluding diaryl/α,β-unsaturated/α-hetero) is 2. The van der Waals surface area contributed by atoms with Crippen molar-refractivity contribution >= 4 is 39.8 Å². The van der Waals surface area contributed by atoms with Crippen molar-refractivity contribution in [3.63, 3.8) is 0 Å². The molecule has 0 bridgehead atoms. The number of amides is 2. The Balaban J connectivity index is 1.42. The van der Waals surface area contributed by atoms with Gasteiger partial charge in [-0.05, 0) is 28.5 Å². The van der Waals surface area contributed by atoms with E-state index >= 15 is 0 Å². The third kappa shape index (κ3) is 3.06. The van der Waals surface area contributed by atoms with Gasteiger partial charge >= 0.3 is 0 Å². The Morgan fingerprint density at radius 3 is 2.00 bits per heavy atom. The van der Waals surface area contributed by atoms with Crippen molar-refractivity contribution in [3.05, 3.63) is 113 Å². The van der Waals surface area contributed by atoms with Gasteiger partial charge in [-0.25, -0.2) is 4.90 Å². The van der Waals surface area contributed by atoms with E-state index in [9.17, 15) is 19.2 Å². The minimum absolute atomic E-state index is 0.223. The van der Waals surface area contributed by atoms with Gasteiger partial charge in [-0.1, -0.05) is 98.8 Å². The summed E-state index contributed by atoms with van der Waals surface area (Å²) in [7, 11) is 0. The van der Waals surface area contributed by atoms with E-state index in [0.717, 1.165) is 16.3 Å². The topological polar surface area (TPSA) is 80.8 Å². The largest absolute Gasteiger partial charge is 0.349 e. The fourth-order valence-corrected chi connectivity index (χ4v) is 6.53. The molecule has 7 rings (SSSR count). The second-order valence-electron chi connectivity index (χ2n) is 10.8. The third-order valence-corrected chi connectivity index (χ3v) is 8.46. The second kappa shape index (κ2) is 8.29. The minimum Gasteiger partial charge on any atom is -0.349 e. The molecule has 0 saturated carbocycles. The molecule has 39 heavy (non-hydrogen) atoms. The van der Waals surface area contributed by atoms with Gasteiger partial charge in [0.1, 0.15) is 0 Å². The maximum atomic E-state index is 14.3. The van der Waals surface area contributed by atoms with Crippen LogP contribution in [-0.4, -0.2) is 29.0 Å². The molecule has 192 valence electrons. The number of nitrogens with zero attached hydrogens (tertiary/aromatic N) is 1. The number of hydrogen-bond acceptors (Lipinski definition) is 5. The van der Waals surface area contributed by atoms with Gasteiger partial charge in [-0.3, -0.25) is 19.2 Å². The van der Waals surface area contributed by atoms with Gasteiger partial charge < -0.3 is 4.74 Å². The van der Waals surface area contributed by atoms with Crippen LogP contribution >= 0.6 is 0 Å². The summed E-state index contributed by atoms with van der Waals surface area (Å²) in [5, 5.41) is 1.61. The number of ether oxygens (including phenoxy) is 1. The molecular weight excluding hydrogens is 490 g/mol. The molecule has 2 amide bonds. The van der Waals surface area contributed by atoms with Gasteiger partial charge in [0.2, 0.25) is 29.0 Å². The molecule has 4 aromatic carbocycles. The predicted octanol–water partition coefficient (Wildman–Crippen LogP) is 5.66. The standard InChI is InChI=1S/C33H25NO5/c1-18(2)19-14-16-21(17-15-19)28-26-27(33(39-28)29(35)23-11-5-6-12-24(23)30(33)36)32(38)34(31(26)37)25-13-7-9-20-8-3-4-10-22(20)25/h3-18,26-28H,1-2H3/t26-,27-,28+/m1/s1. The number of fused-ring (bicyclic) bond motifs is 4. The molecule has 1 aliphatic carbocycles. The molecule has 6 heteroatoms.